The second-order valence-corrected chi connectivity index (χ2v) is 9.23. The van der Waals surface area contributed by atoms with E-state index in [1.54, 1.807) is 65.8 Å². The van der Waals surface area contributed by atoms with Gasteiger partial charge in [0.2, 0.25) is 5.91 Å². The van der Waals surface area contributed by atoms with E-state index in [1.807, 2.05) is 0 Å². The van der Waals surface area contributed by atoms with Gasteiger partial charge < -0.3 is 15.3 Å². The van der Waals surface area contributed by atoms with E-state index in [9.17, 15) is 19.5 Å². The first kappa shape index (κ1) is 27.3. The summed E-state index contributed by atoms with van der Waals surface area (Å²) < 4.78 is 2.28. The number of benzene rings is 1. The van der Waals surface area contributed by atoms with E-state index in [2.05, 4.69) is 10.5 Å². The van der Waals surface area contributed by atoms with Crippen LogP contribution in [0.25, 0.3) is 0 Å². The number of nitrogens with one attached hydrogen (secondary N) is 1. The Morgan fingerprint density at radius 2 is 1.79 bits per heavy atom. The zero-order chi connectivity index (χ0) is 25.6. The molecule has 186 valence electrons. The van der Waals surface area contributed by atoms with Gasteiger partial charge in [0.25, 0.3) is 5.56 Å². The molecule has 0 aliphatic rings. The fourth-order valence-electron chi connectivity index (χ4n) is 3.19. The molecule has 0 radical (unpaired) electrons. The third kappa shape index (κ3) is 7.04. The molecular formula is C24H33ClN4O5. The molecule has 0 aliphatic heterocycles. The second-order valence-electron chi connectivity index (χ2n) is 8.83. The Hall–Kier alpha value is -2.91. The molecule has 2 N–H and O–H groups in total. The molecule has 0 saturated carbocycles. The lowest BCUT2D eigenvalue weighted by molar-refractivity contribution is -0.124. The van der Waals surface area contributed by atoms with Crippen LogP contribution in [-0.4, -0.2) is 38.0 Å². The number of carbonyl (C=O) groups excluding carboxylic acids is 1. The van der Waals surface area contributed by atoms with Gasteiger partial charge in [0.15, 0.2) is 0 Å². The summed E-state index contributed by atoms with van der Waals surface area (Å²) in [5.74, 6) is -0.426. The van der Waals surface area contributed by atoms with Crippen LogP contribution in [-0.2, 0) is 22.7 Å². The molecule has 34 heavy (non-hydrogen) atoms. The lowest BCUT2D eigenvalue weighted by Gasteiger charge is -2.20. The summed E-state index contributed by atoms with van der Waals surface area (Å²) in [6.07, 6.45) is 0.0741. The van der Waals surface area contributed by atoms with Gasteiger partial charge in [0.1, 0.15) is 6.10 Å². The zero-order valence-electron chi connectivity index (χ0n) is 20.4. The molecule has 1 aromatic carbocycles. The Bertz CT molecular complexity index is 1150. The van der Waals surface area contributed by atoms with Crippen molar-refractivity contribution in [1.82, 2.24) is 14.5 Å². The number of hydrogen-bond acceptors (Lipinski definition) is 6. The number of aliphatic hydroxyl groups is 1. The van der Waals surface area contributed by atoms with Gasteiger partial charge in [-0.1, -0.05) is 48.8 Å². The van der Waals surface area contributed by atoms with Crippen LogP contribution in [0.4, 0.5) is 0 Å². The SMILES string of the molecule is C/C(=N\OC(C)C)c1cn(CC(O)c2ccccc2Cl)c(=O)n(C[C@H](C)NC(=O)C(C)C)c1=O. The van der Waals surface area contributed by atoms with Crippen molar-refractivity contribution < 1.29 is 14.7 Å². The molecule has 1 amide bonds. The first-order chi connectivity index (χ1) is 15.9. The molecule has 0 bridgehead atoms. The van der Waals surface area contributed by atoms with Crippen LogP contribution in [0, 0.1) is 5.92 Å². The van der Waals surface area contributed by atoms with Crippen LogP contribution in [0.5, 0.6) is 0 Å². The molecule has 1 unspecified atom stereocenters. The molecular weight excluding hydrogens is 460 g/mol. The third-order valence-corrected chi connectivity index (χ3v) is 5.37. The van der Waals surface area contributed by atoms with Crippen LogP contribution in [0.2, 0.25) is 5.02 Å². The highest BCUT2D eigenvalue weighted by Crippen LogP contribution is 2.23. The van der Waals surface area contributed by atoms with Gasteiger partial charge in [-0.25, -0.2) is 4.79 Å². The number of amides is 1. The topological polar surface area (TPSA) is 115 Å². The Labute approximate surface area is 204 Å². The van der Waals surface area contributed by atoms with Crippen LogP contribution >= 0.6 is 11.6 Å². The lowest BCUT2D eigenvalue weighted by Crippen LogP contribution is -2.48. The van der Waals surface area contributed by atoms with Gasteiger partial charge in [-0.3, -0.25) is 18.7 Å². The highest BCUT2D eigenvalue weighted by atomic mass is 35.5. The Kier molecular flexibility index (Phi) is 9.64. The van der Waals surface area contributed by atoms with Crippen molar-refractivity contribution in [3.63, 3.8) is 0 Å². The minimum Gasteiger partial charge on any atom is -0.393 e. The highest BCUT2D eigenvalue weighted by molar-refractivity contribution is 6.31. The van der Waals surface area contributed by atoms with E-state index in [-0.39, 0.29) is 42.3 Å². The lowest BCUT2D eigenvalue weighted by atomic mass is 10.1. The monoisotopic (exact) mass is 492 g/mol. The van der Waals surface area contributed by atoms with Gasteiger partial charge in [0, 0.05) is 28.7 Å². The Balaban J connectivity index is 2.53. The molecule has 1 heterocycles. The normalized spacial score (nSPS) is 13.8. The third-order valence-electron chi connectivity index (χ3n) is 5.03. The number of hydrogen-bond donors (Lipinski definition) is 2. The summed E-state index contributed by atoms with van der Waals surface area (Å²) in [7, 11) is 0. The van der Waals surface area contributed by atoms with E-state index in [1.165, 1.54) is 10.8 Å². The van der Waals surface area contributed by atoms with Crippen molar-refractivity contribution in [1.29, 1.82) is 0 Å². The molecule has 10 heteroatoms. The van der Waals surface area contributed by atoms with E-state index in [0.717, 1.165) is 4.57 Å². The number of oxime groups is 1. The number of aromatic nitrogens is 2. The van der Waals surface area contributed by atoms with Gasteiger partial charge in [-0.05, 0) is 33.8 Å². The summed E-state index contributed by atoms with van der Waals surface area (Å²) in [5.41, 5.74) is -0.293. The van der Waals surface area contributed by atoms with Crippen molar-refractivity contribution in [3.8, 4) is 0 Å². The number of nitrogens with zero attached hydrogens (tertiary/aromatic N) is 3. The molecule has 9 nitrogen and oxygen atoms in total. The largest absolute Gasteiger partial charge is 0.393 e. The number of halogens is 1. The van der Waals surface area contributed by atoms with Crippen molar-refractivity contribution >= 4 is 23.2 Å². The quantitative estimate of drug-likeness (QED) is 0.391. The summed E-state index contributed by atoms with van der Waals surface area (Å²) >= 11 is 6.20. The van der Waals surface area contributed by atoms with Crippen molar-refractivity contribution in [2.45, 2.75) is 72.9 Å². The summed E-state index contributed by atoms with van der Waals surface area (Å²) in [6, 6.07) is 6.31. The molecule has 1 aromatic heterocycles. The maximum atomic E-state index is 13.2. The fourth-order valence-corrected chi connectivity index (χ4v) is 3.45. The summed E-state index contributed by atoms with van der Waals surface area (Å²) in [6.45, 7) is 10.2. The predicted molar refractivity (Wildman–Crippen MR) is 132 cm³/mol. The predicted octanol–water partition coefficient (Wildman–Crippen LogP) is 2.71. The Morgan fingerprint density at radius 3 is 2.38 bits per heavy atom. The minimum atomic E-state index is -1.09. The standard InChI is InChI=1S/C24H33ClN4O5/c1-14(2)22(31)26-16(5)11-29-23(32)19(17(6)27-34-15(3)4)12-28(24(29)33)13-21(30)18-9-7-8-10-20(18)25/h7-10,12,14-16,21,30H,11,13H2,1-6H3,(H,26,31)/b27-17+/t16-,21?/m0/s1. The number of rotatable bonds is 10. The Morgan fingerprint density at radius 1 is 1.15 bits per heavy atom. The molecule has 0 fully saturated rings. The average Bonchev–Trinajstić information content (AvgIpc) is 2.76. The van der Waals surface area contributed by atoms with E-state index in [0.29, 0.717) is 10.6 Å². The summed E-state index contributed by atoms with van der Waals surface area (Å²) in [4.78, 5) is 43.8. The highest BCUT2D eigenvalue weighted by Gasteiger charge is 2.20. The smallest absolute Gasteiger partial charge is 0.331 e. The maximum absolute atomic E-state index is 13.2. The van der Waals surface area contributed by atoms with Crippen LogP contribution in [0.15, 0.2) is 45.2 Å². The molecule has 2 atom stereocenters. The van der Waals surface area contributed by atoms with Gasteiger partial charge in [-0.2, -0.15) is 0 Å². The van der Waals surface area contributed by atoms with Gasteiger partial charge in [-0.15, -0.1) is 0 Å². The van der Waals surface area contributed by atoms with Crippen molar-refractivity contribution in [2.75, 3.05) is 0 Å². The average molecular weight is 493 g/mol. The van der Waals surface area contributed by atoms with E-state index >= 15 is 0 Å². The van der Waals surface area contributed by atoms with Crippen LogP contribution < -0.4 is 16.6 Å². The first-order valence-electron chi connectivity index (χ1n) is 11.2. The maximum Gasteiger partial charge on any atom is 0.331 e. The second kappa shape index (κ2) is 12.0. The minimum absolute atomic E-state index is 0.0511. The molecule has 2 aromatic rings. The first-order valence-corrected chi connectivity index (χ1v) is 11.6. The van der Waals surface area contributed by atoms with E-state index in [4.69, 9.17) is 16.4 Å². The van der Waals surface area contributed by atoms with Crippen molar-refractivity contribution in [2.24, 2.45) is 11.1 Å². The van der Waals surface area contributed by atoms with Gasteiger partial charge >= 0.3 is 5.69 Å². The molecule has 2 rings (SSSR count). The molecule has 0 spiro atoms. The van der Waals surface area contributed by atoms with E-state index < -0.39 is 23.4 Å². The molecule has 0 aliphatic carbocycles. The zero-order valence-corrected chi connectivity index (χ0v) is 21.2. The number of aliphatic hydroxyl groups excluding tert-OH is 1. The molecule has 0 saturated heterocycles. The fraction of sp³-hybridized carbons (Fsp3) is 0.500. The van der Waals surface area contributed by atoms with Crippen LogP contribution in [0.3, 0.4) is 0 Å². The van der Waals surface area contributed by atoms with Crippen LogP contribution in [0.1, 0.15) is 58.8 Å². The van der Waals surface area contributed by atoms with Gasteiger partial charge in [0.05, 0.1) is 30.5 Å². The number of carbonyl (C=O) groups is 1. The van der Waals surface area contributed by atoms with Crippen molar-refractivity contribution in [3.05, 3.63) is 67.4 Å². The summed E-state index contributed by atoms with van der Waals surface area (Å²) in [5, 5.41) is 17.9.